The van der Waals surface area contributed by atoms with Gasteiger partial charge in [-0.05, 0) is 42.1 Å². The maximum atomic E-state index is 9.44. The van der Waals surface area contributed by atoms with Gasteiger partial charge in [0.05, 0.1) is 10.4 Å². The third kappa shape index (κ3) is 1.83. The van der Waals surface area contributed by atoms with Crippen LogP contribution >= 0.6 is 22.9 Å². The normalized spacial score (nSPS) is 11.0. The number of fused-ring (bicyclic) bond motifs is 1. The van der Waals surface area contributed by atoms with E-state index in [1.165, 1.54) is 0 Å². The Labute approximate surface area is 113 Å². The van der Waals surface area contributed by atoms with Crippen LogP contribution < -0.4 is 0 Å². The Morgan fingerprint density at radius 1 is 1.22 bits per heavy atom. The lowest BCUT2D eigenvalue weighted by molar-refractivity contribution is 0.476. The first-order valence-corrected chi connectivity index (χ1v) is 6.61. The van der Waals surface area contributed by atoms with Gasteiger partial charge in [0, 0.05) is 5.39 Å². The van der Waals surface area contributed by atoms with Gasteiger partial charge in [0.15, 0.2) is 5.82 Å². The number of aromatic nitrogens is 2. The summed E-state index contributed by atoms with van der Waals surface area (Å²) in [4.78, 5) is 9.80. The molecule has 2 aromatic heterocycles. The van der Waals surface area contributed by atoms with Gasteiger partial charge < -0.3 is 5.11 Å². The third-order valence-corrected chi connectivity index (χ3v) is 4.00. The molecule has 0 aliphatic carbocycles. The summed E-state index contributed by atoms with van der Waals surface area (Å²) < 4.78 is 0. The highest BCUT2D eigenvalue weighted by Gasteiger charge is 2.11. The van der Waals surface area contributed by atoms with Gasteiger partial charge in [0.25, 0.3) is 0 Å². The minimum absolute atomic E-state index is 0.160. The number of benzene rings is 1. The van der Waals surface area contributed by atoms with Crippen molar-refractivity contribution in [1.82, 2.24) is 9.97 Å². The van der Waals surface area contributed by atoms with Crippen LogP contribution in [-0.2, 0) is 0 Å². The van der Waals surface area contributed by atoms with Gasteiger partial charge in [-0.3, -0.25) is 0 Å². The zero-order valence-corrected chi connectivity index (χ0v) is 11.1. The summed E-state index contributed by atoms with van der Waals surface area (Å²) >= 11 is 7.74. The first-order valence-electron chi connectivity index (χ1n) is 5.36. The summed E-state index contributed by atoms with van der Waals surface area (Å²) in [6, 6.07) is 6.93. The number of phenols is 1. The second-order valence-corrected chi connectivity index (χ2v) is 5.25. The number of halogens is 1. The van der Waals surface area contributed by atoms with E-state index in [0.717, 1.165) is 16.0 Å². The number of thiophene rings is 1. The summed E-state index contributed by atoms with van der Waals surface area (Å²) in [5.74, 6) is 0.791. The molecule has 0 saturated heterocycles. The Bertz CT molecular complexity index is 739. The van der Waals surface area contributed by atoms with Crippen molar-refractivity contribution < 1.29 is 5.11 Å². The quantitative estimate of drug-likeness (QED) is 0.683. The molecule has 3 nitrogen and oxygen atoms in total. The number of aryl methyl sites for hydroxylation is 1. The van der Waals surface area contributed by atoms with Crippen molar-refractivity contribution in [3.8, 4) is 16.5 Å². The number of aromatic hydroxyl groups is 1. The van der Waals surface area contributed by atoms with Gasteiger partial charge in [0.2, 0.25) is 0 Å². The van der Waals surface area contributed by atoms with Crippen LogP contribution in [0.3, 0.4) is 0 Å². The minimum Gasteiger partial charge on any atom is -0.508 e. The minimum atomic E-state index is 0.160. The number of hydrogen-bond donors (Lipinski definition) is 1. The van der Waals surface area contributed by atoms with E-state index in [2.05, 4.69) is 9.97 Å². The van der Waals surface area contributed by atoms with E-state index in [9.17, 15) is 5.11 Å². The lowest BCUT2D eigenvalue weighted by Crippen LogP contribution is -1.91. The van der Waals surface area contributed by atoms with Gasteiger partial charge in [-0.2, -0.15) is 0 Å². The molecule has 0 bridgehead atoms. The predicted molar refractivity (Wildman–Crippen MR) is 74.3 cm³/mol. The molecule has 1 aromatic carbocycles. The maximum absolute atomic E-state index is 9.44. The molecule has 0 atom stereocenters. The molecule has 3 rings (SSSR count). The van der Waals surface area contributed by atoms with Crippen LogP contribution in [0, 0.1) is 6.92 Å². The van der Waals surface area contributed by atoms with Crippen LogP contribution in [0.25, 0.3) is 21.6 Å². The molecule has 2 heterocycles. The molecule has 0 spiro atoms. The second kappa shape index (κ2) is 4.23. The number of hydrogen-bond acceptors (Lipinski definition) is 4. The van der Waals surface area contributed by atoms with Gasteiger partial charge in [-0.25, -0.2) is 9.97 Å². The molecule has 0 saturated carbocycles. The topological polar surface area (TPSA) is 46.0 Å². The van der Waals surface area contributed by atoms with Crippen LogP contribution in [-0.4, -0.2) is 15.1 Å². The van der Waals surface area contributed by atoms with E-state index < -0.39 is 0 Å². The molecular weight excluding hydrogens is 268 g/mol. The Balaban J connectivity index is 2.28. The summed E-state index contributed by atoms with van der Waals surface area (Å²) in [6.45, 7) is 2.02. The van der Waals surface area contributed by atoms with Crippen molar-refractivity contribution in [2.24, 2.45) is 0 Å². The van der Waals surface area contributed by atoms with Crippen LogP contribution in [0.15, 0.2) is 29.6 Å². The smallest absolute Gasteiger partial charge is 0.171 e. The van der Waals surface area contributed by atoms with Crippen molar-refractivity contribution in [3.05, 3.63) is 40.4 Å². The monoisotopic (exact) mass is 276 g/mol. The van der Waals surface area contributed by atoms with Crippen LogP contribution in [0.1, 0.15) is 5.56 Å². The highest BCUT2D eigenvalue weighted by atomic mass is 35.5. The van der Waals surface area contributed by atoms with Gasteiger partial charge >= 0.3 is 0 Å². The second-order valence-electron chi connectivity index (χ2n) is 3.97. The Kier molecular flexibility index (Phi) is 2.69. The lowest BCUT2D eigenvalue weighted by atomic mass is 10.2. The fourth-order valence-corrected chi connectivity index (χ4v) is 2.87. The van der Waals surface area contributed by atoms with Crippen LogP contribution in [0.2, 0.25) is 5.15 Å². The molecule has 0 radical (unpaired) electrons. The van der Waals surface area contributed by atoms with E-state index in [1.807, 2.05) is 18.4 Å². The zero-order valence-electron chi connectivity index (χ0n) is 9.51. The van der Waals surface area contributed by atoms with Crippen molar-refractivity contribution in [3.63, 3.8) is 0 Å². The Morgan fingerprint density at radius 3 is 2.78 bits per heavy atom. The van der Waals surface area contributed by atoms with E-state index in [-0.39, 0.29) is 5.75 Å². The molecule has 18 heavy (non-hydrogen) atoms. The molecule has 0 unspecified atom stereocenters. The molecule has 5 heteroatoms. The zero-order chi connectivity index (χ0) is 12.7. The van der Waals surface area contributed by atoms with E-state index in [0.29, 0.717) is 16.4 Å². The molecular formula is C13H9ClN2OS. The third-order valence-electron chi connectivity index (χ3n) is 2.70. The molecule has 0 fully saturated rings. The molecule has 0 aliphatic heterocycles. The van der Waals surface area contributed by atoms with Crippen molar-refractivity contribution in [1.29, 1.82) is 0 Å². The maximum Gasteiger partial charge on any atom is 0.171 e. The lowest BCUT2D eigenvalue weighted by Gasteiger charge is -2.04. The average molecular weight is 277 g/mol. The molecule has 3 aromatic rings. The van der Waals surface area contributed by atoms with Crippen molar-refractivity contribution >= 4 is 33.8 Å². The molecule has 0 amide bonds. The molecule has 1 N–H and O–H groups in total. The first kappa shape index (κ1) is 11.4. The molecule has 90 valence electrons. The average Bonchev–Trinajstić information content (AvgIpc) is 2.76. The standard InChI is InChI=1S/C13H9ClN2OS/c1-7-4-5-18-11(7)13-15-10-3-2-8(17)6-9(10)12(14)16-13/h2-6,17H,1H3. The molecule has 0 aliphatic rings. The Hall–Kier alpha value is -1.65. The number of nitrogens with zero attached hydrogens (tertiary/aromatic N) is 2. The van der Waals surface area contributed by atoms with Crippen LogP contribution in [0.5, 0.6) is 5.75 Å². The number of rotatable bonds is 1. The fraction of sp³-hybridized carbons (Fsp3) is 0.0769. The van der Waals surface area contributed by atoms with E-state index in [4.69, 9.17) is 11.6 Å². The first-order chi connectivity index (χ1) is 8.65. The predicted octanol–water partition coefficient (Wildman–Crippen LogP) is 4.03. The van der Waals surface area contributed by atoms with Gasteiger partial charge in [-0.15, -0.1) is 11.3 Å². The SMILES string of the molecule is Cc1ccsc1-c1nc(Cl)c2cc(O)ccc2n1. The van der Waals surface area contributed by atoms with Crippen molar-refractivity contribution in [2.75, 3.05) is 0 Å². The van der Waals surface area contributed by atoms with E-state index >= 15 is 0 Å². The van der Waals surface area contributed by atoms with Crippen LogP contribution in [0.4, 0.5) is 0 Å². The largest absolute Gasteiger partial charge is 0.508 e. The van der Waals surface area contributed by atoms with Gasteiger partial charge in [0.1, 0.15) is 10.9 Å². The Morgan fingerprint density at radius 2 is 2.06 bits per heavy atom. The summed E-state index contributed by atoms with van der Waals surface area (Å²) in [7, 11) is 0. The van der Waals surface area contributed by atoms with E-state index in [1.54, 1.807) is 29.5 Å². The van der Waals surface area contributed by atoms with Gasteiger partial charge in [-0.1, -0.05) is 11.6 Å². The summed E-state index contributed by atoms with van der Waals surface area (Å²) in [5, 5.41) is 12.5. The van der Waals surface area contributed by atoms with Crippen molar-refractivity contribution in [2.45, 2.75) is 6.92 Å². The highest BCUT2D eigenvalue weighted by Crippen LogP contribution is 2.31. The summed E-state index contributed by atoms with van der Waals surface area (Å²) in [6.07, 6.45) is 0. The fourth-order valence-electron chi connectivity index (χ4n) is 1.78. The number of phenolic OH excluding ortho intramolecular Hbond substituents is 1. The highest BCUT2D eigenvalue weighted by molar-refractivity contribution is 7.13. The summed E-state index contributed by atoms with van der Waals surface area (Å²) in [5.41, 5.74) is 1.87.